The number of carbonyl (C=O) groups is 1. The molecule has 1 unspecified atom stereocenters. The van der Waals surface area contributed by atoms with Crippen molar-refractivity contribution >= 4 is 28.9 Å². The van der Waals surface area contributed by atoms with Gasteiger partial charge in [0, 0.05) is 22.7 Å². The van der Waals surface area contributed by atoms with E-state index in [0.29, 0.717) is 16.3 Å². The summed E-state index contributed by atoms with van der Waals surface area (Å²) in [5, 5.41) is 18.2. The van der Waals surface area contributed by atoms with Crippen molar-refractivity contribution in [1.82, 2.24) is 0 Å². The molecule has 0 aromatic heterocycles. The molecule has 0 aliphatic carbocycles. The lowest BCUT2D eigenvalue weighted by molar-refractivity contribution is -0.129. The van der Waals surface area contributed by atoms with E-state index in [2.05, 4.69) is 4.99 Å². The Morgan fingerprint density at radius 3 is 2.62 bits per heavy atom. The first-order chi connectivity index (χ1) is 14.1. The summed E-state index contributed by atoms with van der Waals surface area (Å²) in [7, 11) is 0. The van der Waals surface area contributed by atoms with E-state index in [0.717, 1.165) is 0 Å². The van der Waals surface area contributed by atoms with Gasteiger partial charge in [-0.2, -0.15) is 10.5 Å². The Labute approximate surface area is 172 Å². The van der Waals surface area contributed by atoms with E-state index in [-0.39, 0.29) is 37.3 Å². The van der Waals surface area contributed by atoms with Crippen LogP contribution in [0, 0.1) is 28.5 Å². The highest BCUT2D eigenvalue weighted by atomic mass is 35.5. The van der Waals surface area contributed by atoms with Crippen molar-refractivity contribution < 1.29 is 13.9 Å². The SMILES string of the molecule is N#CCCOC1N=C(c2ccccc2F)c2cc(Cl)ccc2N(CCC#N)C1=O. The minimum Gasteiger partial charge on any atom is -0.347 e. The molecule has 0 N–H and O–H groups in total. The molecule has 2 aromatic rings. The number of nitriles is 2. The maximum absolute atomic E-state index is 14.6. The zero-order valence-corrected chi connectivity index (χ0v) is 16.1. The third-order valence-corrected chi connectivity index (χ3v) is 4.53. The minimum atomic E-state index is -1.28. The van der Waals surface area contributed by atoms with Crippen molar-refractivity contribution in [1.29, 1.82) is 10.5 Å². The Hall–Kier alpha value is -3.26. The van der Waals surface area contributed by atoms with Crippen LogP contribution in [0.3, 0.4) is 0 Å². The highest BCUT2D eigenvalue weighted by Crippen LogP contribution is 2.32. The van der Waals surface area contributed by atoms with Gasteiger partial charge < -0.3 is 9.64 Å². The van der Waals surface area contributed by atoms with Gasteiger partial charge in [-0.15, -0.1) is 0 Å². The smallest absolute Gasteiger partial charge is 0.279 e. The maximum Gasteiger partial charge on any atom is 0.279 e. The maximum atomic E-state index is 14.6. The lowest BCUT2D eigenvalue weighted by atomic mass is 9.99. The Morgan fingerprint density at radius 2 is 1.90 bits per heavy atom. The normalized spacial score (nSPS) is 15.7. The van der Waals surface area contributed by atoms with E-state index < -0.39 is 18.0 Å². The van der Waals surface area contributed by atoms with Gasteiger partial charge in [-0.1, -0.05) is 23.7 Å². The summed E-state index contributed by atoms with van der Waals surface area (Å²) >= 11 is 6.18. The number of benzene rings is 2. The number of aliphatic imine (C=N–C) groups is 1. The number of benzodiazepines with no additional fused rings is 1. The molecule has 1 heterocycles. The first kappa shape index (κ1) is 20.5. The second-order valence-electron chi connectivity index (χ2n) is 6.15. The van der Waals surface area contributed by atoms with E-state index in [1.807, 2.05) is 12.1 Å². The number of amides is 1. The lowest BCUT2D eigenvalue weighted by Gasteiger charge is -2.24. The number of anilines is 1. The third kappa shape index (κ3) is 4.43. The molecule has 2 aromatic carbocycles. The molecule has 1 aliphatic heterocycles. The van der Waals surface area contributed by atoms with Gasteiger partial charge in [-0.3, -0.25) is 4.79 Å². The largest absolute Gasteiger partial charge is 0.347 e. The first-order valence-electron chi connectivity index (χ1n) is 8.86. The summed E-state index contributed by atoms with van der Waals surface area (Å²) < 4.78 is 20.1. The fourth-order valence-corrected chi connectivity index (χ4v) is 3.18. The quantitative estimate of drug-likeness (QED) is 0.677. The van der Waals surface area contributed by atoms with Crippen LogP contribution in [0.1, 0.15) is 24.0 Å². The molecule has 1 atom stereocenters. The summed E-state index contributed by atoms with van der Waals surface area (Å²) in [6.45, 7) is 0.103. The van der Waals surface area contributed by atoms with Crippen LogP contribution < -0.4 is 4.90 Å². The summed E-state index contributed by atoms with van der Waals surface area (Å²) in [6, 6.07) is 14.9. The number of fused-ring (bicyclic) bond motifs is 1. The number of carbonyl (C=O) groups excluding carboxylic acids is 1. The number of halogens is 2. The Kier molecular flexibility index (Phi) is 6.56. The van der Waals surface area contributed by atoms with Gasteiger partial charge in [0.1, 0.15) is 5.82 Å². The van der Waals surface area contributed by atoms with Crippen LogP contribution in [0.2, 0.25) is 5.02 Å². The average molecular weight is 411 g/mol. The fourth-order valence-electron chi connectivity index (χ4n) is 3.01. The van der Waals surface area contributed by atoms with Gasteiger partial charge >= 0.3 is 0 Å². The van der Waals surface area contributed by atoms with Gasteiger partial charge in [-0.05, 0) is 30.3 Å². The molecule has 0 spiro atoms. The molecule has 6 nitrogen and oxygen atoms in total. The summed E-state index contributed by atoms with van der Waals surface area (Å²) in [6.07, 6.45) is -1.11. The number of ether oxygens (including phenoxy) is 1. The predicted molar refractivity (Wildman–Crippen MR) is 106 cm³/mol. The number of hydrogen-bond donors (Lipinski definition) is 0. The third-order valence-electron chi connectivity index (χ3n) is 4.29. The summed E-state index contributed by atoms with van der Waals surface area (Å²) in [4.78, 5) is 18.9. The fraction of sp³-hybridized carbons (Fsp3) is 0.238. The Bertz CT molecular complexity index is 1040. The minimum absolute atomic E-state index is 0.00977. The molecule has 0 saturated carbocycles. The van der Waals surface area contributed by atoms with Gasteiger partial charge in [0.15, 0.2) is 0 Å². The molecule has 0 fully saturated rings. The zero-order chi connectivity index (χ0) is 20.8. The molecule has 0 radical (unpaired) electrons. The molecular weight excluding hydrogens is 395 g/mol. The topological polar surface area (TPSA) is 89.5 Å². The molecule has 1 aliphatic rings. The first-order valence-corrected chi connectivity index (χ1v) is 9.24. The van der Waals surface area contributed by atoms with Gasteiger partial charge in [0.25, 0.3) is 5.91 Å². The molecule has 8 heteroatoms. The van der Waals surface area contributed by atoms with Crippen molar-refractivity contribution in [2.24, 2.45) is 4.99 Å². The van der Waals surface area contributed by atoms with Crippen LogP contribution >= 0.6 is 11.6 Å². The molecule has 0 bridgehead atoms. The van der Waals surface area contributed by atoms with Crippen LogP contribution in [-0.2, 0) is 9.53 Å². The predicted octanol–water partition coefficient (Wildman–Crippen LogP) is 3.83. The lowest BCUT2D eigenvalue weighted by Crippen LogP contribution is -2.40. The molecule has 3 rings (SSSR count). The Morgan fingerprint density at radius 1 is 1.14 bits per heavy atom. The van der Waals surface area contributed by atoms with Crippen LogP contribution in [0.25, 0.3) is 0 Å². The van der Waals surface area contributed by atoms with Gasteiger partial charge in [0.2, 0.25) is 6.23 Å². The Balaban J connectivity index is 2.19. The van der Waals surface area contributed by atoms with Crippen molar-refractivity contribution in [3.05, 3.63) is 64.4 Å². The molecular formula is C21H16ClFN4O2. The van der Waals surface area contributed by atoms with E-state index in [9.17, 15) is 9.18 Å². The van der Waals surface area contributed by atoms with Gasteiger partial charge in [0.05, 0.1) is 43.0 Å². The highest BCUT2D eigenvalue weighted by molar-refractivity contribution is 6.32. The van der Waals surface area contributed by atoms with Gasteiger partial charge in [-0.25, -0.2) is 9.38 Å². The molecule has 0 saturated heterocycles. The average Bonchev–Trinajstić information content (AvgIpc) is 2.82. The van der Waals surface area contributed by atoms with Crippen molar-refractivity contribution in [3.63, 3.8) is 0 Å². The number of rotatable bonds is 6. The summed E-state index contributed by atoms with van der Waals surface area (Å²) in [5.74, 6) is -1.00. The van der Waals surface area contributed by atoms with Crippen molar-refractivity contribution in [2.45, 2.75) is 19.1 Å². The van der Waals surface area contributed by atoms with E-state index >= 15 is 0 Å². The van der Waals surface area contributed by atoms with E-state index in [4.69, 9.17) is 26.9 Å². The second-order valence-corrected chi connectivity index (χ2v) is 6.58. The van der Waals surface area contributed by atoms with Crippen molar-refractivity contribution in [2.75, 3.05) is 18.1 Å². The number of hydrogen-bond acceptors (Lipinski definition) is 5. The van der Waals surface area contributed by atoms with Crippen LogP contribution in [0.4, 0.5) is 10.1 Å². The van der Waals surface area contributed by atoms with Crippen LogP contribution in [0.15, 0.2) is 47.5 Å². The second kappa shape index (κ2) is 9.29. The zero-order valence-electron chi connectivity index (χ0n) is 15.3. The highest BCUT2D eigenvalue weighted by Gasteiger charge is 2.33. The summed E-state index contributed by atoms with van der Waals surface area (Å²) in [5.41, 5.74) is 1.33. The van der Waals surface area contributed by atoms with E-state index in [1.165, 1.54) is 11.0 Å². The molecule has 146 valence electrons. The standard InChI is InChI=1S/C21H16ClFN4O2/c22-14-7-8-18-16(13-14)19(15-5-1-2-6-17(15)23)26-20(29-12-4-10-25)21(28)27(18)11-3-9-24/h1-2,5-8,13,20H,3-4,11-12H2. The van der Waals surface area contributed by atoms with Crippen molar-refractivity contribution in [3.8, 4) is 12.1 Å². The van der Waals surface area contributed by atoms with E-state index in [1.54, 1.807) is 36.4 Å². The monoisotopic (exact) mass is 410 g/mol. The molecule has 1 amide bonds. The van der Waals surface area contributed by atoms with Crippen LogP contribution in [-0.4, -0.2) is 31.0 Å². The van der Waals surface area contributed by atoms with Crippen LogP contribution in [0.5, 0.6) is 0 Å². The molecule has 29 heavy (non-hydrogen) atoms. The number of nitrogens with zero attached hydrogens (tertiary/aromatic N) is 4.